The molecule has 7 nitrogen and oxygen atoms in total. The summed E-state index contributed by atoms with van der Waals surface area (Å²) in [6.45, 7) is 0.909. The van der Waals surface area contributed by atoms with Crippen LogP contribution in [0.15, 0.2) is 11.4 Å². The van der Waals surface area contributed by atoms with Gasteiger partial charge >= 0.3 is 12.0 Å². The second-order valence-corrected chi connectivity index (χ2v) is 5.71. The lowest BCUT2D eigenvalue weighted by molar-refractivity contribution is -0.125. The molecule has 21 heavy (non-hydrogen) atoms. The third kappa shape index (κ3) is 3.52. The van der Waals surface area contributed by atoms with Gasteiger partial charge in [-0.05, 0) is 24.3 Å². The summed E-state index contributed by atoms with van der Waals surface area (Å²) in [6.07, 6.45) is 1.50. The lowest BCUT2D eigenvalue weighted by atomic mass is 9.97. The number of carboxylic acid groups (broad SMARTS) is 1. The minimum Gasteiger partial charge on any atom is -0.478 e. The zero-order chi connectivity index (χ0) is 15.4. The summed E-state index contributed by atoms with van der Waals surface area (Å²) in [7, 11) is 1.58. The standard InChI is InChI=1S/C13H17N3O4S/c1-14-10(17)8-3-2-5-16(7-8)13(20)15-11-9(12(18)19)4-6-21-11/h4,6,8H,2-3,5,7H2,1H3,(H,14,17)(H,15,20)(H,18,19). The van der Waals surface area contributed by atoms with E-state index in [1.807, 2.05) is 0 Å². The van der Waals surface area contributed by atoms with Gasteiger partial charge in [-0.2, -0.15) is 0 Å². The predicted octanol–water partition coefficient (Wildman–Crippen LogP) is 1.44. The maximum atomic E-state index is 12.2. The van der Waals surface area contributed by atoms with Gasteiger partial charge in [0.1, 0.15) is 5.00 Å². The number of hydrogen-bond acceptors (Lipinski definition) is 4. The molecule has 0 aromatic carbocycles. The number of aromatic carboxylic acids is 1. The van der Waals surface area contributed by atoms with Gasteiger partial charge in [-0.3, -0.25) is 10.1 Å². The number of hydrogen-bond donors (Lipinski definition) is 3. The maximum absolute atomic E-state index is 12.2. The zero-order valence-electron chi connectivity index (χ0n) is 11.6. The fraction of sp³-hybridized carbons (Fsp3) is 0.462. The summed E-state index contributed by atoms with van der Waals surface area (Å²) in [5.41, 5.74) is 0.0770. The third-order valence-corrected chi connectivity index (χ3v) is 4.27. The number of carboxylic acids is 1. The van der Waals surface area contributed by atoms with Crippen molar-refractivity contribution in [2.45, 2.75) is 12.8 Å². The quantitative estimate of drug-likeness (QED) is 0.786. The minimum atomic E-state index is -1.08. The van der Waals surface area contributed by atoms with Gasteiger partial charge < -0.3 is 15.3 Å². The first-order valence-electron chi connectivity index (χ1n) is 6.61. The fourth-order valence-corrected chi connectivity index (χ4v) is 3.10. The molecule has 1 aliphatic rings. The minimum absolute atomic E-state index is 0.0742. The number of carbonyl (C=O) groups is 3. The van der Waals surface area contributed by atoms with Crippen LogP contribution in [0.4, 0.5) is 9.80 Å². The highest BCUT2D eigenvalue weighted by Gasteiger charge is 2.28. The molecule has 1 atom stereocenters. The molecule has 0 saturated carbocycles. The summed E-state index contributed by atoms with van der Waals surface area (Å²) in [5, 5.41) is 16.1. The lowest BCUT2D eigenvalue weighted by Crippen LogP contribution is -2.46. The Balaban J connectivity index is 2.01. The average molecular weight is 311 g/mol. The molecule has 0 spiro atoms. The highest BCUT2D eigenvalue weighted by molar-refractivity contribution is 7.14. The van der Waals surface area contributed by atoms with Crippen molar-refractivity contribution in [1.29, 1.82) is 0 Å². The van der Waals surface area contributed by atoms with Crippen molar-refractivity contribution in [2.24, 2.45) is 5.92 Å². The van der Waals surface area contributed by atoms with E-state index < -0.39 is 5.97 Å². The number of carbonyl (C=O) groups excluding carboxylic acids is 2. The van der Waals surface area contributed by atoms with Gasteiger partial charge in [0, 0.05) is 20.1 Å². The monoisotopic (exact) mass is 311 g/mol. The number of anilines is 1. The van der Waals surface area contributed by atoms with Crippen LogP contribution in [0.5, 0.6) is 0 Å². The van der Waals surface area contributed by atoms with Crippen LogP contribution < -0.4 is 10.6 Å². The van der Waals surface area contributed by atoms with Crippen molar-refractivity contribution in [3.63, 3.8) is 0 Å². The summed E-state index contributed by atoms with van der Waals surface area (Å²) in [4.78, 5) is 36.4. The van der Waals surface area contributed by atoms with Gasteiger partial charge in [-0.15, -0.1) is 11.3 Å². The molecule has 1 saturated heterocycles. The van der Waals surface area contributed by atoms with Gasteiger partial charge in [-0.25, -0.2) is 9.59 Å². The largest absolute Gasteiger partial charge is 0.478 e. The van der Waals surface area contributed by atoms with E-state index in [0.717, 1.165) is 24.2 Å². The summed E-state index contributed by atoms with van der Waals surface area (Å²) >= 11 is 1.16. The molecule has 0 bridgehead atoms. The number of urea groups is 1. The molecule has 3 N–H and O–H groups in total. The van der Waals surface area contributed by atoms with Crippen molar-refractivity contribution in [3.8, 4) is 0 Å². The van der Waals surface area contributed by atoms with Gasteiger partial charge in [0.05, 0.1) is 11.5 Å². The lowest BCUT2D eigenvalue weighted by Gasteiger charge is -2.31. The Labute approximate surface area is 125 Å². The van der Waals surface area contributed by atoms with E-state index in [4.69, 9.17) is 5.11 Å². The molecule has 0 radical (unpaired) electrons. The number of likely N-dealkylation sites (tertiary alicyclic amines) is 1. The van der Waals surface area contributed by atoms with Crippen molar-refractivity contribution < 1.29 is 19.5 Å². The van der Waals surface area contributed by atoms with Crippen molar-refractivity contribution in [3.05, 3.63) is 17.0 Å². The molecule has 8 heteroatoms. The zero-order valence-corrected chi connectivity index (χ0v) is 12.4. The van der Waals surface area contributed by atoms with Crippen LogP contribution in [0.3, 0.4) is 0 Å². The second-order valence-electron chi connectivity index (χ2n) is 4.80. The molecular weight excluding hydrogens is 294 g/mol. The number of rotatable bonds is 3. The normalized spacial score (nSPS) is 18.1. The van der Waals surface area contributed by atoms with E-state index in [-0.39, 0.29) is 23.4 Å². The smallest absolute Gasteiger partial charge is 0.338 e. The van der Waals surface area contributed by atoms with Crippen LogP contribution in [-0.4, -0.2) is 48.1 Å². The first-order chi connectivity index (χ1) is 10.0. The van der Waals surface area contributed by atoms with Crippen molar-refractivity contribution in [2.75, 3.05) is 25.5 Å². The number of thiophene rings is 1. The Bertz CT molecular complexity index is 557. The fourth-order valence-electron chi connectivity index (χ4n) is 2.33. The van der Waals surface area contributed by atoms with Gasteiger partial charge in [0.15, 0.2) is 0 Å². The van der Waals surface area contributed by atoms with E-state index in [9.17, 15) is 14.4 Å². The molecule has 1 aromatic rings. The van der Waals surface area contributed by atoms with E-state index in [1.54, 1.807) is 17.3 Å². The highest BCUT2D eigenvalue weighted by Crippen LogP contribution is 2.24. The van der Waals surface area contributed by atoms with Gasteiger partial charge in [0.25, 0.3) is 0 Å². The first kappa shape index (κ1) is 15.3. The van der Waals surface area contributed by atoms with Crippen LogP contribution in [0.1, 0.15) is 23.2 Å². The molecule has 1 unspecified atom stereocenters. The van der Waals surface area contributed by atoms with Crippen LogP contribution in [0, 0.1) is 5.92 Å². The Hall–Kier alpha value is -2.09. The van der Waals surface area contributed by atoms with Crippen LogP contribution in [0.2, 0.25) is 0 Å². The highest BCUT2D eigenvalue weighted by atomic mass is 32.1. The maximum Gasteiger partial charge on any atom is 0.338 e. The van der Waals surface area contributed by atoms with E-state index in [0.29, 0.717) is 18.1 Å². The topological polar surface area (TPSA) is 98.7 Å². The number of piperidine rings is 1. The summed E-state index contributed by atoms with van der Waals surface area (Å²) < 4.78 is 0. The SMILES string of the molecule is CNC(=O)C1CCCN(C(=O)Nc2sccc2C(=O)O)C1. The molecule has 114 valence electrons. The summed E-state index contributed by atoms with van der Waals surface area (Å²) in [5.74, 6) is -1.36. The van der Waals surface area contributed by atoms with Gasteiger partial charge in [-0.1, -0.05) is 0 Å². The van der Waals surface area contributed by atoms with E-state index >= 15 is 0 Å². The van der Waals surface area contributed by atoms with E-state index in [1.165, 1.54) is 6.07 Å². The molecule has 2 rings (SSSR count). The molecule has 3 amide bonds. The average Bonchev–Trinajstić information content (AvgIpc) is 2.94. The first-order valence-corrected chi connectivity index (χ1v) is 7.49. The Morgan fingerprint density at radius 2 is 2.19 bits per heavy atom. The predicted molar refractivity (Wildman–Crippen MR) is 78.7 cm³/mol. The molecule has 1 fully saturated rings. The number of amides is 3. The number of nitrogens with zero attached hydrogens (tertiary/aromatic N) is 1. The Morgan fingerprint density at radius 3 is 2.86 bits per heavy atom. The van der Waals surface area contributed by atoms with Crippen LogP contribution >= 0.6 is 11.3 Å². The summed E-state index contributed by atoms with van der Waals surface area (Å²) in [6, 6.07) is 1.08. The van der Waals surface area contributed by atoms with Crippen molar-refractivity contribution in [1.82, 2.24) is 10.2 Å². The molecular formula is C13H17N3O4S. The molecule has 2 heterocycles. The molecule has 1 aromatic heterocycles. The van der Waals surface area contributed by atoms with Gasteiger partial charge in [0.2, 0.25) is 5.91 Å². The van der Waals surface area contributed by atoms with Crippen LogP contribution in [0.25, 0.3) is 0 Å². The Kier molecular flexibility index (Phi) is 4.79. The second kappa shape index (κ2) is 6.57. The van der Waals surface area contributed by atoms with Crippen LogP contribution in [-0.2, 0) is 4.79 Å². The van der Waals surface area contributed by atoms with Crippen molar-refractivity contribution >= 4 is 34.2 Å². The molecule has 0 aliphatic carbocycles. The van der Waals surface area contributed by atoms with E-state index in [2.05, 4.69) is 10.6 Å². The number of nitrogens with one attached hydrogen (secondary N) is 2. The Morgan fingerprint density at radius 1 is 1.43 bits per heavy atom. The third-order valence-electron chi connectivity index (χ3n) is 3.44. The molecule has 1 aliphatic heterocycles.